The van der Waals surface area contributed by atoms with Crippen molar-refractivity contribution < 1.29 is 9.59 Å². The lowest BCUT2D eigenvalue weighted by molar-refractivity contribution is 0.0980. The lowest BCUT2D eigenvalue weighted by Crippen LogP contribution is -2.22. The molecule has 142 valence electrons. The molecule has 1 aliphatic rings. The number of ketones is 2. The SMILES string of the molecule is CCCCc1ccc2[nH]c3c4c(ccc3c(=O)c2c1)C(=O)c1ccccc1C4=O. The van der Waals surface area contributed by atoms with E-state index >= 15 is 0 Å². The van der Waals surface area contributed by atoms with E-state index in [0.29, 0.717) is 44.1 Å². The molecule has 4 heteroatoms. The summed E-state index contributed by atoms with van der Waals surface area (Å²) in [6.45, 7) is 2.14. The number of nitrogens with one attached hydrogen (secondary N) is 1. The third-order valence-electron chi connectivity index (χ3n) is 5.75. The zero-order valence-electron chi connectivity index (χ0n) is 16.0. The van der Waals surface area contributed by atoms with E-state index in [-0.39, 0.29) is 17.0 Å². The number of unbranched alkanes of at least 4 members (excludes halogenated alkanes) is 1. The molecule has 4 nitrogen and oxygen atoms in total. The largest absolute Gasteiger partial charge is 0.354 e. The summed E-state index contributed by atoms with van der Waals surface area (Å²) in [5, 5.41) is 1.05. The van der Waals surface area contributed by atoms with Crippen LogP contribution in [0, 0.1) is 0 Å². The minimum absolute atomic E-state index is 0.117. The van der Waals surface area contributed by atoms with Gasteiger partial charge in [-0.2, -0.15) is 0 Å². The van der Waals surface area contributed by atoms with E-state index in [0.717, 1.165) is 24.8 Å². The summed E-state index contributed by atoms with van der Waals surface area (Å²) in [5.74, 6) is -0.414. The topological polar surface area (TPSA) is 67.0 Å². The number of aryl methyl sites for hydroxylation is 1. The number of aromatic amines is 1. The van der Waals surface area contributed by atoms with Crippen LogP contribution in [0.25, 0.3) is 21.8 Å². The smallest absolute Gasteiger partial charge is 0.197 e. The van der Waals surface area contributed by atoms with Crippen molar-refractivity contribution in [3.63, 3.8) is 0 Å². The van der Waals surface area contributed by atoms with Gasteiger partial charge in [0.05, 0.1) is 11.1 Å². The van der Waals surface area contributed by atoms with Crippen LogP contribution in [0.15, 0.2) is 59.4 Å². The zero-order chi connectivity index (χ0) is 20.1. The minimum Gasteiger partial charge on any atom is -0.354 e. The highest BCUT2D eigenvalue weighted by atomic mass is 16.1. The Morgan fingerprint density at radius 3 is 2.31 bits per heavy atom. The molecule has 0 amide bonds. The second kappa shape index (κ2) is 6.52. The normalized spacial score (nSPS) is 13.0. The van der Waals surface area contributed by atoms with Crippen molar-refractivity contribution in [2.75, 3.05) is 0 Å². The van der Waals surface area contributed by atoms with Crippen LogP contribution in [0.3, 0.4) is 0 Å². The van der Waals surface area contributed by atoms with Crippen molar-refractivity contribution in [2.45, 2.75) is 26.2 Å². The third kappa shape index (κ3) is 2.56. The molecular weight excluding hydrogens is 362 g/mol. The maximum Gasteiger partial charge on any atom is 0.197 e. The van der Waals surface area contributed by atoms with Crippen molar-refractivity contribution in [3.05, 3.63) is 92.6 Å². The number of rotatable bonds is 3. The third-order valence-corrected chi connectivity index (χ3v) is 5.75. The summed E-state index contributed by atoms with van der Waals surface area (Å²) in [7, 11) is 0. The van der Waals surface area contributed by atoms with E-state index in [2.05, 4.69) is 11.9 Å². The van der Waals surface area contributed by atoms with Gasteiger partial charge in [-0.25, -0.2) is 0 Å². The molecule has 0 radical (unpaired) electrons. The van der Waals surface area contributed by atoms with Crippen LogP contribution in [-0.4, -0.2) is 16.6 Å². The van der Waals surface area contributed by atoms with Crippen LogP contribution in [0.4, 0.5) is 0 Å². The molecule has 0 atom stereocenters. The first-order valence-corrected chi connectivity index (χ1v) is 9.90. The van der Waals surface area contributed by atoms with Crippen molar-refractivity contribution in [1.29, 1.82) is 0 Å². The van der Waals surface area contributed by atoms with Crippen LogP contribution >= 0.6 is 0 Å². The second-order valence-electron chi connectivity index (χ2n) is 7.55. The molecule has 3 aromatic carbocycles. The van der Waals surface area contributed by atoms with Gasteiger partial charge < -0.3 is 4.98 Å². The van der Waals surface area contributed by atoms with E-state index in [1.807, 2.05) is 18.2 Å². The average Bonchev–Trinajstić information content (AvgIpc) is 2.75. The molecule has 0 bridgehead atoms. The van der Waals surface area contributed by atoms with Crippen molar-refractivity contribution in [3.8, 4) is 0 Å². The fraction of sp³-hybridized carbons (Fsp3) is 0.160. The van der Waals surface area contributed by atoms with Crippen LogP contribution in [0.1, 0.15) is 57.2 Å². The van der Waals surface area contributed by atoms with Gasteiger partial charge in [-0.15, -0.1) is 0 Å². The number of H-pyrrole nitrogens is 1. The standard InChI is InChI=1S/C25H19NO3/c1-2-3-6-14-9-12-20-19(13-14)24(28)18-11-10-17-21(22(18)26-20)25(29)16-8-5-4-7-15(16)23(17)27/h4-5,7-13H,2-3,6H2,1H3,(H,26,28). The number of carbonyl (C=O) groups is 2. The van der Waals surface area contributed by atoms with E-state index in [4.69, 9.17) is 0 Å². The number of hydrogen-bond acceptors (Lipinski definition) is 3. The molecule has 1 aliphatic carbocycles. The van der Waals surface area contributed by atoms with E-state index in [1.165, 1.54) is 0 Å². The van der Waals surface area contributed by atoms with Crippen LogP contribution in [0.2, 0.25) is 0 Å². The number of benzene rings is 3. The van der Waals surface area contributed by atoms with Crippen molar-refractivity contribution >= 4 is 33.4 Å². The minimum atomic E-state index is -0.227. The van der Waals surface area contributed by atoms with E-state index < -0.39 is 0 Å². The Kier molecular flexibility index (Phi) is 3.95. The van der Waals surface area contributed by atoms with Crippen LogP contribution in [0.5, 0.6) is 0 Å². The number of carbonyl (C=O) groups excluding carboxylic acids is 2. The predicted molar refractivity (Wildman–Crippen MR) is 114 cm³/mol. The highest BCUT2D eigenvalue weighted by Crippen LogP contribution is 2.31. The Morgan fingerprint density at radius 1 is 0.793 bits per heavy atom. The Balaban J connectivity index is 1.80. The molecule has 0 saturated heterocycles. The van der Waals surface area contributed by atoms with Gasteiger partial charge in [0.25, 0.3) is 0 Å². The number of aromatic nitrogens is 1. The van der Waals surface area contributed by atoms with Gasteiger partial charge in [0, 0.05) is 33.0 Å². The number of hydrogen-bond donors (Lipinski definition) is 1. The lowest BCUT2D eigenvalue weighted by Gasteiger charge is -2.19. The Bertz CT molecular complexity index is 1390. The maximum atomic E-state index is 13.2. The Hall–Kier alpha value is -3.53. The lowest BCUT2D eigenvalue weighted by atomic mass is 9.82. The van der Waals surface area contributed by atoms with Gasteiger partial charge in [0.15, 0.2) is 17.0 Å². The molecule has 5 rings (SSSR count). The highest BCUT2D eigenvalue weighted by molar-refractivity contribution is 6.31. The predicted octanol–water partition coefficient (Wildman–Crippen LogP) is 4.80. The molecule has 0 saturated carbocycles. The molecule has 4 aromatic rings. The summed E-state index contributed by atoms with van der Waals surface area (Å²) in [4.78, 5) is 42.6. The summed E-state index contributed by atoms with van der Waals surface area (Å²) >= 11 is 0. The quantitative estimate of drug-likeness (QED) is 0.457. The molecule has 0 aliphatic heterocycles. The first-order valence-electron chi connectivity index (χ1n) is 9.90. The van der Waals surface area contributed by atoms with Crippen LogP contribution < -0.4 is 5.43 Å². The highest BCUT2D eigenvalue weighted by Gasteiger charge is 2.31. The van der Waals surface area contributed by atoms with Crippen molar-refractivity contribution in [1.82, 2.24) is 4.98 Å². The summed E-state index contributed by atoms with van der Waals surface area (Å²) in [6.07, 6.45) is 3.09. The number of pyridine rings is 1. The van der Waals surface area contributed by atoms with Gasteiger partial charge in [-0.05, 0) is 42.7 Å². The van der Waals surface area contributed by atoms with E-state index in [1.54, 1.807) is 36.4 Å². The molecular formula is C25H19NO3. The molecule has 0 spiro atoms. The molecule has 1 heterocycles. The zero-order valence-corrected chi connectivity index (χ0v) is 16.0. The molecule has 0 unspecified atom stereocenters. The maximum absolute atomic E-state index is 13.2. The first-order chi connectivity index (χ1) is 14.1. The van der Waals surface area contributed by atoms with Gasteiger partial charge in [0.1, 0.15) is 0 Å². The van der Waals surface area contributed by atoms with Crippen LogP contribution in [-0.2, 0) is 6.42 Å². The molecule has 1 N–H and O–H groups in total. The summed E-state index contributed by atoms with van der Waals surface area (Å²) in [6, 6.07) is 15.9. The first kappa shape index (κ1) is 17.6. The fourth-order valence-corrected chi connectivity index (χ4v) is 4.21. The number of fused-ring (bicyclic) bond motifs is 5. The second-order valence-corrected chi connectivity index (χ2v) is 7.55. The molecule has 29 heavy (non-hydrogen) atoms. The van der Waals surface area contributed by atoms with Gasteiger partial charge in [0.2, 0.25) is 0 Å². The summed E-state index contributed by atoms with van der Waals surface area (Å²) in [5.41, 5.74) is 3.55. The monoisotopic (exact) mass is 381 g/mol. The van der Waals surface area contributed by atoms with Gasteiger partial charge in [-0.1, -0.05) is 43.7 Å². The summed E-state index contributed by atoms with van der Waals surface area (Å²) < 4.78 is 0. The van der Waals surface area contributed by atoms with Gasteiger partial charge >= 0.3 is 0 Å². The van der Waals surface area contributed by atoms with E-state index in [9.17, 15) is 14.4 Å². The fourth-order valence-electron chi connectivity index (χ4n) is 4.21. The van der Waals surface area contributed by atoms with Crippen molar-refractivity contribution in [2.24, 2.45) is 0 Å². The average molecular weight is 381 g/mol. The van der Waals surface area contributed by atoms with Gasteiger partial charge in [-0.3, -0.25) is 14.4 Å². The molecule has 1 aromatic heterocycles. The Labute approximate surface area is 167 Å². The molecule has 0 fully saturated rings. The Morgan fingerprint density at radius 2 is 1.55 bits per heavy atom.